The van der Waals surface area contributed by atoms with Crippen LogP contribution in [0.15, 0.2) is 93.5 Å². The van der Waals surface area contributed by atoms with Gasteiger partial charge in [0.05, 0.1) is 5.75 Å². The smallest absolute Gasteiger partial charge is 0.428 e. The predicted molar refractivity (Wildman–Crippen MR) is 165 cm³/mol. The van der Waals surface area contributed by atoms with Crippen molar-refractivity contribution in [3.05, 3.63) is 78.9 Å². The molecule has 0 bridgehead atoms. The molecule has 0 atom stereocenters. The van der Waals surface area contributed by atoms with E-state index in [-0.39, 0.29) is 17.3 Å². The van der Waals surface area contributed by atoms with Gasteiger partial charge in [0.15, 0.2) is 0 Å². The average molecular weight is 633 g/mol. The van der Waals surface area contributed by atoms with Crippen molar-refractivity contribution >= 4 is 32.7 Å². The molecule has 0 aliphatic carbocycles. The third-order valence-corrected chi connectivity index (χ3v) is 10.8. The van der Waals surface area contributed by atoms with Crippen molar-refractivity contribution in [1.82, 2.24) is 0 Å². The Bertz CT molecular complexity index is 1400. The summed E-state index contributed by atoms with van der Waals surface area (Å²) in [6.07, 6.45) is -0.622. The van der Waals surface area contributed by atoms with Crippen LogP contribution >= 0.6 is 10.3 Å². The van der Waals surface area contributed by atoms with Gasteiger partial charge in [-0.1, -0.05) is 31.5 Å². The van der Waals surface area contributed by atoms with Crippen LogP contribution < -0.4 is 9.47 Å². The third kappa shape index (κ3) is 10.0. The maximum atomic E-state index is 13.4. The number of unbranched alkanes of at least 4 members (excludes halogenated alkanes) is 1. The molecule has 0 unspecified atom stereocenters. The predicted octanol–water partition coefficient (Wildman–Crippen LogP) is 8.66. The molecule has 3 aromatic rings. The minimum absolute atomic E-state index is 0.162. The van der Waals surface area contributed by atoms with Crippen molar-refractivity contribution in [2.75, 3.05) is 5.75 Å². The lowest BCUT2D eigenvalue weighted by Gasteiger charge is -2.39. The van der Waals surface area contributed by atoms with Crippen LogP contribution in [0.4, 0.5) is 9.59 Å². The molecule has 0 fully saturated rings. The number of ether oxygens (including phenoxy) is 4. The highest BCUT2D eigenvalue weighted by atomic mass is 32.3. The van der Waals surface area contributed by atoms with Gasteiger partial charge in [-0.3, -0.25) is 0 Å². The molecular formula is C32H40O9S2. The molecule has 0 amide bonds. The Morgan fingerprint density at radius 3 is 1.40 bits per heavy atom. The molecule has 0 saturated carbocycles. The van der Waals surface area contributed by atoms with Gasteiger partial charge >= 0.3 is 12.3 Å². The molecule has 9 nitrogen and oxygen atoms in total. The summed E-state index contributed by atoms with van der Waals surface area (Å²) in [5.74, 6) is 0.272. The van der Waals surface area contributed by atoms with E-state index in [1.807, 2.05) is 13.0 Å². The molecule has 234 valence electrons. The van der Waals surface area contributed by atoms with Crippen LogP contribution in [-0.2, 0) is 23.2 Å². The lowest BCUT2D eigenvalue weighted by atomic mass is 10.2. The van der Waals surface area contributed by atoms with Gasteiger partial charge in [-0.25, -0.2) is 13.2 Å². The number of benzene rings is 3. The van der Waals surface area contributed by atoms with Crippen LogP contribution in [0.3, 0.4) is 0 Å². The topological polar surface area (TPSA) is 114 Å². The number of carbonyl (C=O) groups is 2. The molecule has 0 radical (unpaired) electrons. The molecule has 0 aliphatic rings. The van der Waals surface area contributed by atoms with Crippen molar-refractivity contribution in [1.29, 1.82) is 0 Å². The number of hydrogen-bond donors (Lipinski definition) is 0. The zero-order valence-corrected chi connectivity index (χ0v) is 27.3. The lowest BCUT2D eigenvalue weighted by molar-refractivity contribution is 0.0193. The molecule has 3 aromatic carbocycles. The SMILES string of the molecule is CCCCS(=O)(=O)OS(c1ccccc1)(c1ccc(OC(=O)OC(C)(C)C)cc1)c1ccc(OC(=O)OC(C)(C)C)cc1. The maximum absolute atomic E-state index is 13.4. The summed E-state index contributed by atoms with van der Waals surface area (Å²) in [6, 6.07) is 22.0. The molecule has 43 heavy (non-hydrogen) atoms. The molecule has 0 aliphatic heterocycles. The van der Waals surface area contributed by atoms with E-state index in [0.717, 1.165) is 0 Å². The van der Waals surface area contributed by atoms with Crippen molar-refractivity contribution < 1.29 is 40.6 Å². The normalized spacial score (nSPS) is 12.7. The van der Waals surface area contributed by atoms with Gasteiger partial charge < -0.3 is 18.9 Å². The van der Waals surface area contributed by atoms with Gasteiger partial charge in [-0.15, -0.1) is 0 Å². The first-order chi connectivity index (χ1) is 20.0. The van der Waals surface area contributed by atoms with Crippen molar-refractivity contribution in [3.63, 3.8) is 0 Å². The first kappa shape index (κ1) is 34.0. The molecule has 0 spiro atoms. The van der Waals surface area contributed by atoms with Crippen LogP contribution in [0.2, 0.25) is 0 Å². The highest BCUT2D eigenvalue weighted by molar-refractivity contribution is 8.33. The fourth-order valence-corrected chi connectivity index (χ4v) is 9.28. The van der Waals surface area contributed by atoms with Crippen LogP contribution in [0.25, 0.3) is 0 Å². The zero-order valence-electron chi connectivity index (χ0n) is 25.6. The Hall–Kier alpha value is -3.54. The summed E-state index contributed by atoms with van der Waals surface area (Å²) in [7, 11) is -6.92. The number of rotatable bonds is 10. The summed E-state index contributed by atoms with van der Waals surface area (Å²) in [6.45, 7) is 12.3. The number of hydrogen-bond acceptors (Lipinski definition) is 9. The van der Waals surface area contributed by atoms with Crippen LogP contribution in [0.1, 0.15) is 61.3 Å². The Morgan fingerprint density at radius 2 is 1.02 bits per heavy atom. The quantitative estimate of drug-likeness (QED) is 0.160. The van der Waals surface area contributed by atoms with Crippen molar-refractivity contribution in [2.24, 2.45) is 0 Å². The van der Waals surface area contributed by atoms with Crippen molar-refractivity contribution in [2.45, 2.75) is 87.2 Å². The van der Waals surface area contributed by atoms with Crippen LogP contribution in [0, 0.1) is 0 Å². The van der Waals surface area contributed by atoms with E-state index in [4.69, 9.17) is 22.6 Å². The van der Waals surface area contributed by atoms with E-state index in [1.165, 1.54) is 0 Å². The van der Waals surface area contributed by atoms with E-state index < -0.39 is 43.9 Å². The van der Waals surface area contributed by atoms with Crippen LogP contribution in [-0.4, -0.2) is 37.7 Å². The highest BCUT2D eigenvalue weighted by Gasteiger charge is 2.37. The summed E-state index contributed by atoms with van der Waals surface area (Å²) in [4.78, 5) is 26.2. The van der Waals surface area contributed by atoms with Gasteiger partial charge in [-0.05, 0) is 119 Å². The molecular weight excluding hydrogens is 592 g/mol. The summed E-state index contributed by atoms with van der Waals surface area (Å²) < 4.78 is 54.3. The van der Waals surface area contributed by atoms with E-state index in [2.05, 4.69) is 0 Å². The summed E-state index contributed by atoms with van der Waals surface area (Å²) in [5.41, 5.74) is -1.46. The van der Waals surface area contributed by atoms with Gasteiger partial charge in [0.2, 0.25) is 0 Å². The van der Waals surface area contributed by atoms with Gasteiger partial charge in [0.1, 0.15) is 22.7 Å². The average Bonchev–Trinajstić information content (AvgIpc) is 2.90. The number of carbonyl (C=O) groups excluding carboxylic acids is 2. The molecule has 0 aromatic heterocycles. The highest BCUT2D eigenvalue weighted by Crippen LogP contribution is 2.70. The second-order valence-electron chi connectivity index (χ2n) is 11.6. The van der Waals surface area contributed by atoms with Crippen molar-refractivity contribution in [3.8, 4) is 11.5 Å². The largest absolute Gasteiger partial charge is 0.514 e. The fraction of sp³-hybridized carbons (Fsp3) is 0.375. The summed E-state index contributed by atoms with van der Waals surface area (Å²) in [5, 5.41) is 0. The van der Waals surface area contributed by atoms with Gasteiger partial charge in [-0.2, -0.15) is 8.42 Å². The molecule has 3 rings (SSSR count). The second-order valence-corrected chi connectivity index (χ2v) is 16.2. The van der Waals surface area contributed by atoms with E-state index in [1.54, 1.807) is 114 Å². The lowest BCUT2D eigenvalue weighted by Crippen LogP contribution is -2.26. The first-order valence-electron chi connectivity index (χ1n) is 13.9. The zero-order chi connectivity index (χ0) is 31.9. The van der Waals surface area contributed by atoms with E-state index in [0.29, 0.717) is 27.5 Å². The molecule has 0 saturated heterocycles. The minimum Gasteiger partial charge on any atom is -0.428 e. The van der Waals surface area contributed by atoms with E-state index >= 15 is 0 Å². The molecule has 0 heterocycles. The molecule has 0 N–H and O–H groups in total. The summed E-state index contributed by atoms with van der Waals surface area (Å²) >= 11 is 0. The Kier molecular flexibility index (Phi) is 10.9. The van der Waals surface area contributed by atoms with Gasteiger partial charge in [0, 0.05) is 14.7 Å². The Morgan fingerprint density at radius 1 is 0.628 bits per heavy atom. The Labute approximate surface area is 256 Å². The minimum atomic E-state index is -4.02. The Balaban J connectivity index is 2.12. The van der Waals surface area contributed by atoms with Gasteiger partial charge in [0.25, 0.3) is 10.1 Å². The van der Waals surface area contributed by atoms with E-state index in [9.17, 15) is 18.0 Å². The monoisotopic (exact) mass is 632 g/mol. The fourth-order valence-electron chi connectivity index (χ4n) is 3.78. The third-order valence-electron chi connectivity index (χ3n) is 5.52. The molecule has 11 heteroatoms. The van der Waals surface area contributed by atoms with Crippen LogP contribution in [0.5, 0.6) is 11.5 Å². The second kappa shape index (κ2) is 13.8. The first-order valence-corrected chi connectivity index (χ1v) is 17.0. The standard InChI is InChI=1S/C32H40O9S2/c1-8-9-23-42(35,36)41-43(26-13-11-10-12-14-26,27-19-15-24(16-20-27)37-29(33)39-31(2,3)4)28-21-17-25(18-22-28)38-30(34)40-32(5,6)7/h10-22H,8-9,23H2,1-7H3. The maximum Gasteiger partial charge on any atom is 0.514 e.